The van der Waals surface area contributed by atoms with Gasteiger partial charge in [-0.15, -0.1) is 0 Å². The van der Waals surface area contributed by atoms with E-state index in [1.165, 1.54) is 0 Å². The summed E-state index contributed by atoms with van der Waals surface area (Å²) in [4.78, 5) is 37.5. The maximum absolute atomic E-state index is 12.3. The number of hydrogen-bond donors (Lipinski definition) is 3. The molecule has 2 heterocycles. The number of piperazine rings is 1. The molecule has 0 unspecified atom stereocenters. The molecule has 10 nitrogen and oxygen atoms in total. The van der Waals surface area contributed by atoms with Crippen molar-refractivity contribution in [1.29, 1.82) is 0 Å². The molecule has 1 aromatic heterocycles. The zero-order valence-electron chi connectivity index (χ0n) is 19.0. The Morgan fingerprint density at radius 3 is 2.22 bits per heavy atom. The molecule has 178 valence electrons. The molecule has 1 aliphatic heterocycles. The summed E-state index contributed by atoms with van der Waals surface area (Å²) < 4.78 is 11.0. The lowest BCUT2D eigenvalue weighted by atomic mass is 10.1. The number of nitrogens with zero attached hydrogens (tertiary/aromatic N) is 2. The Hall–Kier alpha value is -3.14. The molecular weight excluding hydrogens is 418 g/mol. The van der Waals surface area contributed by atoms with Crippen LogP contribution in [0.15, 0.2) is 30.5 Å². The fourth-order valence-corrected chi connectivity index (χ4v) is 2.84. The van der Waals surface area contributed by atoms with Crippen molar-refractivity contribution in [2.75, 3.05) is 19.7 Å². The highest BCUT2D eigenvalue weighted by molar-refractivity contribution is 5.89. The molecular formula is C22H33N3O7. The Morgan fingerprint density at radius 1 is 1.16 bits per heavy atom. The maximum Gasteiger partial charge on any atom is 0.410 e. The Labute approximate surface area is 188 Å². The van der Waals surface area contributed by atoms with E-state index in [1.807, 2.05) is 26.0 Å². The molecule has 2 atom stereocenters. The Bertz CT molecular complexity index is 739. The van der Waals surface area contributed by atoms with Crippen LogP contribution in [0, 0.1) is 5.92 Å². The van der Waals surface area contributed by atoms with Gasteiger partial charge in [0.05, 0.1) is 6.61 Å². The van der Waals surface area contributed by atoms with Crippen LogP contribution in [-0.2, 0) is 20.9 Å². The van der Waals surface area contributed by atoms with Crippen molar-refractivity contribution in [2.45, 2.75) is 52.8 Å². The van der Waals surface area contributed by atoms with Gasteiger partial charge in [0.25, 0.3) is 0 Å². The van der Waals surface area contributed by atoms with Crippen LogP contribution < -0.4 is 10.1 Å². The van der Waals surface area contributed by atoms with Crippen LogP contribution in [0.3, 0.4) is 0 Å². The smallest absolute Gasteiger partial charge is 0.410 e. The van der Waals surface area contributed by atoms with E-state index in [1.54, 1.807) is 11.1 Å². The van der Waals surface area contributed by atoms with Gasteiger partial charge in [0, 0.05) is 55.2 Å². The van der Waals surface area contributed by atoms with Crippen molar-refractivity contribution in [1.82, 2.24) is 15.2 Å². The Kier molecular flexibility index (Phi) is 11.8. The standard InChI is InChI=1S/C18H29N3O3.C4H4O4/c1-13(2)7-8-23-17-6-5-16(11-20-17)12-24-18(22)21-14(3)9-19-10-15(21)4;5-3(6)1-2-4(7)8/h5-6,11,13-15,19H,7-10,12H2,1-4H3;1-2H,(H,5,6)(H,7,8)/b;2-1+/t14-,15+;. The molecule has 2 rings (SSSR count). The van der Waals surface area contributed by atoms with Gasteiger partial charge in [0.15, 0.2) is 0 Å². The summed E-state index contributed by atoms with van der Waals surface area (Å²) >= 11 is 0. The van der Waals surface area contributed by atoms with E-state index in [9.17, 15) is 14.4 Å². The SMILES string of the molecule is CC(C)CCOc1ccc(COC(=O)N2[C@H](C)CNC[C@@H]2C)cn1.O=C(O)/C=C/C(=O)O. The molecule has 0 spiro atoms. The van der Waals surface area contributed by atoms with E-state index in [2.05, 4.69) is 24.1 Å². The molecule has 32 heavy (non-hydrogen) atoms. The van der Waals surface area contributed by atoms with Gasteiger partial charge in [-0.05, 0) is 32.3 Å². The van der Waals surface area contributed by atoms with Gasteiger partial charge in [0.1, 0.15) is 6.61 Å². The molecule has 0 aliphatic carbocycles. The van der Waals surface area contributed by atoms with E-state index in [4.69, 9.17) is 19.7 Å². The van der Waals surface area contributed by atoms with Crippen molar-refractivity contribution in [3.63, 3.8) is 0 Å². The molecule has 0 aromatic carbocycles. The van der Waals surface area contributed by atoms with Crippen molar-refractivity contribution >= 4 is 18.0 Å². The van der Waals surface area contributed by atoms with E-state index in [-0.39, 0.29) is 24.8 Å². The lowest BCUT2D eigenvalue weighted by Crippen LogP contribution is -2.57. The van der Waals surface area contributed by atoms with E-state index >= 15 is 0 Å². The third-order valence-electron chi connectivity index (χ3n) is 4.51. The first-order chi connectivity index (χ1) is 15.1. The summed E-state index contributed by atoms with van der Waals surface area (Å²) in [5.41, 5.74) is 0.856. The molecule has 0 bridgehead atoms. The lowest BCUT2D eigenvalue weighted by molar-refractivity contribution is -0.134. The number of amides is 1. The Balaban J connectivity index is 0.000000547. The molecule has 1 fully saturated rings. The molecule has 0 radical (unpaired) electrons. The normalized spacial score (nSPS) is 18.1. The number of ether oxygens (including phenoxy) is 2. The van der Waals surface area contributed by atoms with Crippen LogP contribution in [0.25, 0.3) is 0 Å². The number of carbonyl (C=O) groups is 3. The number of carboxylic acid groups (broad SMARTS) is 2. The molecule has 10 heteroatoms. The van der Waals surface area contributed by atoms with Crippen LogP contribution in [0.5, 0.6) is 5.88 Å². The minimum Gasteiger partial charge on any atom is -0.478 e. The minimum atomic E-state index is -1.26. The summed E-state index contributed by atoms with van der Waals surface area (Å²) in [7, 11) is 0. The topological polar surface area (TPSA) is 138 Å². The maximum atomic E-state index is 12.3. The summed E-state index contributed by atoms with van der Waals surface area (Å²) in [6.45, 7) is 10.8. The Morgan fingerprint density at radius 2 is 1.75 bits per heavy atom. The average molecular weight is 452 g/mol. The number of aromatic nitrogens is 1. The highest BCUT2D eigenvalue weighted by Gasteiger charge is 2.29. The van der Waals surface area contributed by atoms with Crippen molar-refractivity contribution in [3.8, 4) is 5.88 Å². The summed E-state index contributed by atoms with van der Waals surface area (Å²) in [6.07, 6.45) is 3.55. The van der Waals surface area contributed by atoms with Crippen LogP contribution in [-0.4, -0.2) is 69.9 Å². The number of aliphatic carboxylic acids is 2. The zero-order valence-corrected chi connectivity index (χ0v) is 19.0. The highest BCUT2D eigenvalue weighted by Crippen LogP contribution is 2.14. The number of hydrogen-bond acceptors (Lipinski definition) is 7. The number of pyridine rings is 1. The predicted octanol–water partition coefficient (Wildman–Crippen LogP) is 2.54. The second kappa shape index (κ2) is 14.0. The van der Waals surface area contributed by atoms with Gasteiger partial charge in [-0.3, -0.25) is 0 Å². The molecule has 1 aliphatic rings. The summed E-state index contributed by atoms with van der Waals surface area (Å²) in [5.74, 6) is -1.30. The zero-order chi connectivity index (χ0) is 24.1. The van der Waals surface area contributed by atoms with Gasteiger partial charge >= 0.3 is 18.0 Å². The lowest BCUT2D eigenvalue weighted by Gasteiger charge is -2.38. The third kappa shape index (κ3) is 10.8. The summed E-state index contributed by atoms with van der Waals surface area (Å²) in [5, 5.41) is 18.9. The monoisotopic (exact) mass is 451 g/mol. The van der Waals surface area contributed by atoms with Crippen LogP contribution in [0.4, 0.5) is 4.79 Å². The van der Waals surface area contributed by atoms with Crippen molar-refractivity contribution in [2.24, 2.45) is 5.92 Å². The van der Waals surface area contributed by atoms with Crippen molar-refractivity contribution in [3.05, 3.63) is 36.0 Å². The number of rotatable bonds is 8. The largest absolute Gasteiger partial charge is 0.478 e. The number of carboxylic acids is 2. The van der Waals surface area contributed by atoms with Crippen LogP contribution in [0.1, 0.15) is 39.7 Å². The second-order valence-corrected chi connectivity index (χ2v) is 7.86. The third-order valence-corrected chi connectivity index (χ3v) is 4.51. The molecule has 0 saturated carbocycles. The first kappa shape index (κ1) is 26.9. The fourth-order valence-electron chi connectivity index (χ4n) is 2.84. The number of carbonyl (C=O) groups excluding carboxylic acids is 1. The van der Waals surface area contributed by atoms with E-state index in [0.29, 0.717) is 30.6 Å². The molecule has 1 aromatic rings. The van der Waals surface area contributed by atoms with Gasteiger partial charge < -0.3 is 29.9 Å². The van der Waals surface area contributed by atoms with Gasteiger partial charge in [-0.25, -0.2) is 19.4 Å². The quantitative estimate of drug-likeness (QED) is 0.509. The van der Waals surface area contributed by atoms with E-state index < -0.39 is 11.9 Å². The summed E-state index contributed by atoms with van der Waals surface area (Å²) in [6, 6.07) is 3.97. The highest BCUT2D eigenvalue weighted by atomic mass is 16.6. The predicted molar refractivity (Wildman–Crippen MR) is 117 cm³/mol. The second-order valence-electron chi connectivity index (χ2n) is 7.86. The average Bonchev–Trinajstić information content (AvgIpc) is 2.72. The van der Waals surface area contributed by atoms with Crippen molar-refractivity contribution < 1.29 is 34.1 Å². The van der Waals surface area contributed by atoms with Gasteiger partial charge in [-0.1, -0.05) is 13.8 Å². The van der Waals surface area contributed by atoms with Crippen LogP contribution >= 0.6 is 0 Å². The molecule has 1 amide bonds. The van der Waals surface area contributed by atoms with E-state index in [0.717, 1.165) is 25.1 Å². The first-order valence-corrected chi connectivity index (χ1v) is 10.5. The minimum absolute atomic E-state index is 0.135. The van der Waals surface area contributed by atoms with Gasteiger partial charge in [-0.2, -0.15) is 0 Å². The van der Waals surface area contributed by atoms with Gasteiger partial charge in [0.2, 0.25) is 5.88 Å². The molecule has 3 N–H and O–H groups in total. The molecule has 1 saturated heterocycles. The first-order valence-electron chi connectivity index (χ1n) is 10.5. The fraction of sp³-hybridized carbons (Fsp3) is 0.545. The van der Waals surface area contributed by atoms with Crippen LogP contribution in [0.2, 0.25) is 0 Å². The number of nitrogens with one attached hydrogen (secondary N) is 1.